The maximum atomic E-state index is 12.0. The van der Waals surface area contributed by atoms with Crippen molar-refractivity contribution in [3.63, 3.8) is 0 Å². The minimum absolute atomic E-state index is 0.0527. The molecule has 5 atom stereocenters. The molecule has 0 aromatic carbocycles. The van der Waals surface area contributed by atoms with Crippen molar-refractivity contribution in [2.24, 2.45) is 17.8 Å². The summed E-state index contributed by atoms with van der Waals surface area (Å²) < 4.78 is 11.1. The summed E-state index contributed by atoms with van der Waals surface area (Å²) in [5.74, 6) is -0.714. The summed E-state index contributed by atoms with van der Waals surface area (Å²) in [5.41, 5.74) is 0. The molecule has 0 spiro atoms. The topological polar surface area (TPSA) is 76.1 Å². The summed E-state index contributed by atoms with van der Waals surface area (Å²) in [6.45, 7) is 2.63. The molecule has 0 saturated carbocycles. The largest absolute Gasteiger partial charge is 0.501 e. The molecule has 2 rings (SSSR count). The smallest absolute Gasteiger partial charge is 0.306 e. The van der Waals surface area contributed by atoms with E-state index in [0.717, 1.165) is 31.4 Å². The SMILES string of the molecule is COC1=CC=CCC1CC(C(=O)O)C(C)C(OC)C1CCCN1C=O. The minimum atomic E-state index is -0.824. The number of rotatable bonds is 9. The molecule has 6 heteroatoms. The molecule has 6 nitrogen and oxygen atoms in total. The Hall–Kier alpha value is -1.82. The fraction of sp³-hybridized carbons (Fsp3) is 0.684. The lowest BCUT2D eigenvalue weighted by atomic mass is 9.78. The first-order valence-electron chi connectivity index (χ1n) is 8.90. The van der Waals surface area contributed by atoms with Crippen LogP contribution in [0.3, 0.4) is 0 Å². The number of amides is 1. The number of nitrogens with zero attached hydrogens (tertiary/aromatic N) is 1. The van der Waals surface area contributed by atoms with E-state index in [0.29, 0.717) is 13.0 Å². The van der Waals surface area contributed by atoms with Crippen LogP contribution in [0.25, 0.3) is 0 Å². The van der Waals surface area contributed by atoms with Crippen LogP contribution < -0.4 is 0 Å². The summed E-state index contributed by atoms with van der Waals surface area (Å²) >= 11 is 0. The van der Waals surface area contributed by atoms with Gasteiger partial charge in [0.1, 0.15) is 0 Å². The number of methoxy groups -OCH3 is 2. The zero-order valence-electron chi connectivity index (χ0n) is 15.3. The van der Waals surface area contributed by atoms with Crippen LogP contribution >= 0.6 is 0 Å². The molecule has 1 heterocycles. The van der Waals surface area contributed by atoms with Gasteiger partial charge in [0.15, 0.2) is 0 Å². The predicted octanol–water partition coefficient (Wildman–Crippen LogP) is 2.46. The first kappa shape index (κ1) is 19.5. The zero-order chi connectivity index (χ0) is 18.4. The van der Waals surface area contributed by atoms with Gasteiger partial charge in [0, 0.05) is 19.6 Å². The number of hydrogen-bond donors (Lipinski definition) is 1. The van der Waals surface area contributed by atoms with E-state index in [9.17, 15) is 14.7 Å². The average molecular weight is 351 g/mol. The monoisotopic (exact) mass is 351 g/mol. The molecule has 5 unspecified atom stereocenters. The summed E-state index contributed by atoms with van der Waals surface area (Å²) in [6.07, 6.45) is 9.48. The van der Waals surface area contributed by atoms with Crippen LogP contribution in [-0.2, 0) is 19.1 Å². The number of carboxylic acids is 1. The Kier molecular flexibility index (Phi) is 7.05. The molecule has 1 saturated heterocycles. The van der Waals surface area contributed by atoms with E-state index in [1.165, 1.54) is 0 Å². The predicted molar refractivity (Wildman–Crippen MR) is 93.8 cm³/mol. The van der Waals surface area contributed by atoms with Crippen molar-refractivity contribution in [1.29, 1.82) is 0 Å². The van der Waals surface area contributed by atoms with Gasteiger partial charge in [-0.15, -0.1) is 0 Å². The van der Waals surface area contributed by atoms with Crippen molar-refractivity contribution in [2.75, 3.05) is 20.8 Å². The third kappa shape index (κ3) is 4.42. The normalized spacial score (nSPS) is 26.7. The molecule has 1 aliphatic carbocycles. The second-order valence-electron chi connectivity index (χ2n) is 6.93. The number of carbonyl (C=O) groups excluding carboxylic acids is 1. The Morgan fingerprint density at radius 2 is 2.24 bits per heavy atom. The van der Waals surface area contributed by atoms with Crippen molar-refractivity contribution in [3.05, 3.63) is 24.0 Å². The highest BCUT2D eigenvalue weighted by Gasteiger charge is 2.40. The van der Waals surface area contributed by atoms with Crippen LogP contribution in [0.15, 0.2) is 24.0 Å². The van der Waals surface area contributed by atoms with Gasteiger partial charge < -0.3 is 19.5 Å². The van der Waals surface area contributed by atoms with Crippen molar-refractivity contribution in [3.8, 4) is 0 Å². The third-order valence-electron chi connectivity index (χ3n) is 5.59. The second-order valence-corrected chi connectivity index (χ2v) is 6.93. The van der Waals surface area contributed by atoms with Crippen molar-refractivity contribution in [1.82, 2.24) is 4.90 Å². The van der Waals surface area contributed by atoms with E-state index < -0.39 is 11.9 Å². The van der Waals surface area contributed by atoms with Crippen LogP contribution in [0.4, 0.5) is 0 Å². The Morgan fingerprint density at radius 1 is 1.48 bits per heavy atom. The van der Waals surface area contributed by atoms with E-state index in [4.69, 9.17) is 9.47 Å². The molecule has 1 aliphatic heterocycles. The van der Waals surface area contributed by atoms with Gasteiger partial charge in [0.2, 0.25) is 6.41 Å². The Balaban J connectivity index is 2.14. The quantitative estimate of drug-likeness (QED) is 0.646. The van der Waals surface area contributed by atoms with Crippen LogP contribution in [-0.4, -0.2) is 55.3 Å². The van der Waals surface area contributed by atoms with E-state index in [1.54, 1.807) is 19.1 Å². The lowest BCUT2D eigenvalue weighted by molar-refractivity contribution is -0.147. The van der Waals surface area contributed by atoms with Gasteiger partial charge in [-0.3, -0.25) is 9.59 Å². The first-order valence-corrected chi connectivity index (χ1v) is 8.90. The van der Waals surface area contributed by atoms with Crippen LogP contribution in [0.1, 0.15) is 32.6 Å². The molecule has 140 valence electrons. The van der Waals surface area contributed by atoms with Gasteiger partial charge in [-0.2, -0.15) is 0 Å². The maximum Gasteiger partial charge on any atom is 0.306 e. The summed E-state index contributed by atoms with van der Waals surface area (Å²) in [7, 11) is 3.22. The number of hydrogen-bond acceptors (Lipinski definition) is 4. The van der Waals surface area contributed by atoms with Gasteiger partial charge in [0.05, 0.1) is 30.9 Å². The highest BCUT2D eigenvalue weighted by Crippen LogP contribution is 2.35. The minimum Gasteiger partial charge on any atom is -0.501 e. The van der Waals surface area contributed by atoms with Gasteiger partial charge in [-0.1, -0.05) is 19.1 Å². The van der Waals surface area contributed by atoms with Gasteiger partial charge in [-0.05, 0) is 37.7 Å². The molecule has 2 aliphatic rings. The molecular weight excluding hydrogens is 322 g/mol. The van der Waals surface area contributed by atoms with E-state index >= 15 is 0 Å². The lowest BCUT2D eigenvalue weighted by Gasteiger charge is -2.36. The summed E-state index contributed by atoms with van der Waals surface area (Å²) in [6, 6.07) is -0.0527. The molecule has 1 N–H and O–H groups in total. The van der Waals surface area contributed by atoms with Gasteiger partial charge in [0.25, 0.3) is 0 Å². The number of carbonyl (C=O) groups is 2. The fourth-order valence-corrected chi connectivity index (χ4v) is 4.20. The highest BCUT2D eigenvalue weighted by molar-refractivity contribution is 5.70. The standard InChI is InChI=1S/C19H29NO5/c1-13(18(25-3)16-8-6-10-20(16)12-21)15(19(22)23)11-14-7-4-5-9-17(14)24-2/h4-5,9,12-16,18H,6-8,10-11H2,1-3H3,(H,22,23). The molecule has 0 radical (unpaired) electrons. The van der Waals surface area contributed by atoms with Crippen molar-refractivity contribution < 1.29 is 24.2 Å². The fourth-order valence-electron chi connectivity index (χ4n) is 4.20. The number of ether oxygens (including phenoxy) is 2. The summed E-state index contributed by atoms with van der Waals surface area (Å²) in [5, 5.41) is 9.83. The second kappa shape index (κ2) is 9.04. The number of allylic oxidation sites excluding steroid dienone is 4. The van der Waals surface area contributed by atoms with Crippen LogP contribution in [0.2, 0.25) is 0 Å². The van der Waals surface area contributed by atoms with E-state index in [2.05, 4.69) is 0 Å². The van der Waals surface area contributed by atoms with Crippen LogP contribution in [0.5, 0.6) is 0 Å². The Bertz CT molecular complexity index is 530. The highest BCUT2D eigenvalue weighted by atomic mass is 16.5. The van der Waals surface area contributed by atoms with Gasteiger partial charge >= 0.3 is 5.97 Å². The molecule has 0 bridgehead atoms. The number of aliphatic carboxylic acids is 1. The van der Waals surface area contributed by atoms with Crippen LogP contribution in [0, 0.1) is 17.8 Å². The molecule has 1 fully saturated rings. The van der Waals surface area contributed by atoms with E-state index in [-0.39, 0.29) is 24.0 Å². The zero-order valence-corrected chi connectivity index (χ0v) is 15.3. The number of carboxylic acid groups (broad SMARTS) is 1. The Morgan fingerprint density at radius 3 is 2.84 bits per heavy atom. The molecule has 0 aromatic heterocycles. The lowest BCUT2D eigenvalue weighted by Crippen LogP contribution is -2.46. The van der Waals surface area contributed by atoms with Crippen molar-refractivity contribution in [2.45, 2.75) is 44.8 Å². The first-order chi connectivity index (χ1) is 12.0. The van der Waals surface area contributed by atoms with Gasteiger partial charge in [-0.25, -0.2) is 0 Å². The van der Waals surface area contributed by atoms with E-state index in [1.807, 2.05) is 25.2 Å². The third-order valence-corrected chi connectivity index (χ3v) is 5.59. The van der Waals surface area contributed by atoms with Crippen molar-refractivity contribution >= 4 is 12.4 Å². The molecule has 0 aromatic rings. The summed E-state index contributed by atoms with van der Waals surface area (Å²) in [4.78, 5) is 25.0. The molecular formula is C19H29NO5. The molecule has 1 amide bonds. The number of likely N-dealkylation sites (tertiary alicyclic amines) is 1. The average Bonchev–Trinajstić information content (AvgIpc) is 3.08. The maximum absolute atomic E-state index is 12.0. The Labute approximate surface area is 149 Å². The molecule has 25 heavy (non-hydrogen) atoms.